The van der Waals surface area contributed by atoms with Gasteiger partial charge in [0.15, 0.2) is 19.7 Å². The minimum absolute atomic E-state index is 0.0212. The van der Waals surface area contributed by atoms with Crippen LogP contribution in [0.4, 0.5) is 0 Å². The summed E-state index contributed by atoms with van der Waals surface area (Å²) in [7, 11) is -6.24. The Bertz CT molecular complexity index is 663. The fourth-order valence-electron chi connectivity index (χ4n) is 2.22. The van der Waals surface area contributed by atoms with Crippen LogP contribution in [0.3, 0.4) is 0 Å². The third-order valence-corrected chi connectivity index (χ3v) is 6.92. The van der Waals surface area contributed by atoms with E-state index in [4.69, 9.17) is 0 Å². The van der Waals surface area contributed by atoms with Gasteiger partial charge in [0, 0.05) is 12.6 Å². The van der Waals surface area contributed by atoms with E-state index < -0.39 is 19.7 Å². The summed E-state index contributed by atoms with van der Waals surface area (Å²) in [4.78, 5) is 0.309. The first-order chi connectivity index (χ1) is 9.28. The molecule has 5 nitrogen and oxygen atoms in total. The van der Waals surface area contributed by atoms with Gasteiger partial charge >= 0.3 is 0 Å². The Hall–Kier alpha value is -0.920. The molecule has 0 bridgehead atoms. The van der Waals surface area contributed by atoms with Crippen LogP contribution >= 0.6 is 0 Å². The molecule has 1 saturated heterocycles. The van der Waals surface area contributed by atoms with Gasteiger partial charge in [-0.05, 0) is 25.5 Å². The Morgan fingerprint density at radius 2 is 1.90 bits per heavy atom. The molecule has 0 spiro atoms. The van der Waals surface area contributed by atoms with E-state index in [0.29, 0.717) is 11.3 Å². The number of hydrogen-bond acceptors (Lipinski definition) is 5. The topological polar surface area (TPSA) is 80.3 Å². The molecule has 1 aliphatic rings. The van der Waals surface area contributed by atoms with Crippen LogP contribution < -0.4 is 5.32 Å². The third-order valence-electron chi connectivity index (χ3n) is 3.42. The fourth-order valence-corrected chi connectivity index (χ4v) is 5.10. The van der Waals surface area contributed by atoms with Crippen molar-refractivity contribution in [2.45, 2.75) is 24.3 Å². The third kappa shape index (κ3) is 4.04. The van der Waals surface area contributed by atoms with E-state index >= 15 is 0 Å². The van der Waals surface area contributed by atoms with Crippen molar-refractivity contribution in [2.75, 3.05) is 23.8 Å². The maximum Gasteiger partial charge on any atom is 0.179 e. The minimum Gasteiger partial charge on any atom is -0.312 e. The van der Waals surface area contributed by atoms with Gasteiger partial charge in [0.2, 0.25) is 0 Å². The first kappa shape index (κ1) is 15.5. The van der Waals surface area contributed by atoms with Gasteiger partial charge in [-0.1, -0.05) is 17.7 Å². The lowest BCUT2D eigenvalue weighted by molar-refractivity contribution is 0.560. The van der Waals surface area contributed by atoms with Gasteiger partial charge in [-0.15, -0.1) is 0 Å². The molecule has 1 aromatic rings. The second kappa shape index (κ2) is 5.83. The molecule has 1 aromatic carbocycles. The van der Waals surface area contributed by atoms with Crippen molar-refractivity contribution < 1.29 is 16.8 Å². The molecular formula is C13H19NO4S2. The zero-order valence-electron chi connectivity index (χ0n) is 11.4. The quantitative estimate of drug-likeness (QED) is 0.857. The lowest BCUT2D eigenvalue weighted by Gasteiger charge is -2.11. The second-order valence-corrected chi connectivity index (χ2v) is 9.52. The van der Waals surface area contributed by atoms with Crippen LogP contribution in [0.2, 0.25) is 0 Å². The van der Waals surface area contributed by atoms with Crippen LogP contribution in [0, 0.1) is 6.92 Å². The van der Waals surface area contributed by atoms with Crippen molar-refractivity contribution >= 4 is 19.7 Å². The van der Waals surface area contributed by atoms with Gasteiger partial charge in [-0.25, -0.2) is 16.8 Å². The van der Waals surface area contributed by atoms with Crippen molar-refractivity contribution in [3.05, 3.63) is 29.8 Å². The van der Waals surface area contributed by atoms with Gasteiger partial charge in [0.1, 0.15) is 0 Å². The highest BCUT2D eigenvalue weighted by Crippen LogP contribution is 2.13. The van der Waals surface area contributed by atoms with Gasteiger partial charge in [-0.2, -0.15) is 0 Å². The Balaban J connectivity index is 1.89. The SMILES string of the molecule is Cc1ccc(S(=O)(=O)CCNC2CCS(=O)(=O)C2)cc1. The average Bonchev–Trinajstić information content (AvgIpc) is 2.69. The van der Waals surface area contributed by atoms with Crippen LogP contribution in [-0.4, -0.2) is 46.7 Å². The number of nitrogens with one attached hydrogen (secondary N) is 1. The number of hydrogen-bond donors (Lipinski definition) is 1. The van der Waals surface area contributed by atoms with Crippen molar-refractivity contribution in [1.82, 2.24) is 5.32 Å². The predicted molar refractivity (Wildman–Crippen MR) is 78.3 cm³/mol. The highest BCUT2D eigenvalue weighted by molar-refractivity contribution is 7.91. The molecule has 1 atom stereocenters. The monoisotopic (exact) mass is 317 g/mol. The number of sulfone groups is 2. The van der Waals surface area contributed by atoms with Crippen molar-refractivity contribution in [3.8, 4) is 0 Å². The van der Waals surface area contributed by atoms with E-state index in [0.717, 1.165) is 5.56 Å². The standard InChI is InChI=1S/C13H19NO4S2/c1-11-2-4-13(5-3-11)20(17,18)9-7-14-12-6-8-19(15,16)10-12/h2-5,12,14H,6-10H2,1H3. The van der Waals surface area contributed by atoms with Crippen LogP contribution in [0.25, 0.3) is 0 Å². The molecule has 2 rings (SSSR count). The molecule has 0 aliphatic carbocycles. The smallest absolute Gasteiger partial charge is 0.179 e. The van der Waals surface area contributed by atoms with Gasteiger partial charge in [0.05, 0.1) is 22.2 Å². The molecule has 112 valence electrons. The normalized spacial score (nSPS) is 21.9. The fraction of sp³-hybridized carbons (Fsp3) is 0.538. The van der Waals surface area contributed by atoms with Crippen LogP contribution in [-0.2, 0) is 19.7 Å². The van der Waals surface area contributed by atoms with Gasteiger partial charge in [0.25, 0.3) is 0 Å². The Labute approximate surface area is 120 Å². The summed E-state index contributed by atoms with van der Waals surface area (Å²) >= 11 is 0. The Morgan fingerprint density at radius 3 is 2.45 bits per heavy atom. The maximum absolute atomic E-state index is 12.1. The summed E-state index contributed by atoms with van der Waals surface area (Å²) in [5.41, 5.74) is 1.01. The highest BCUT2D eigenvalue weighted by Gasteiger charge is 2.27. The summed E-state index contributed by atoms with van der Waals surface area (Å²) < 4.78 is 46.8. The molecular weight excluding hydrogens is 298 g/mol. The van der Waals surface area contributed by atoms with E-state index in [-0.39, 0.29) is 29.8 Å². The molecule has 0 aromatic heterocycles. The number of benzene rings is 1. The number of aryl methyl sites for hydroxylation is 1. The maximum atomic E-state index is 12.1. The Morgan fingerprint density at radius 1 is 1.25 bits per heavy atom. The molecule has 1 aliphatic heterocycles. The lowest BCUT2D eigenvalue weighted by atomic mass is 10.2. The van der Waals surface area contributed by atoms with Gasteiger partial charge in [-0.3, -0.25) is 0 Å². The van der Waals surface area contributed by atoms with E-state index in [2.05, 4.69) is 5.32 Å². The summed E-state index contributed by atoms with van der Waals surface area (Å²) in [5.74, 6) is 0.277. The molecule has 1 fully saturated rings. The zero-order valence-corrected chi connectivity index (χ0v) is 13.0. The van der Waals surface area contributed by atoms with Crippen LogP contribution in [0.5, 0.6) is 0 Å². The van der Waals surface area contributed by atoms with E-state index in [1.165, 1.54) is 0 Å². The highest BCUT2D eigenvalue weighted by atomic mass is 32.2. The number of rotatable bonds is 5. The summed E-state index contributed by atoms with van der Waals surface area (Å²) in [5, 5.41) is 3.02. The minimum atomic E-state index is -3.31. The molecule has 20 heavy (non-hydrogen) atoms. The van der Waals surface area contributed by atoms with Crippen LogP contribution in [0.15, 0.2) is 29.2 Å². The first-order valence-electron chi connectivity index (χ1n) is 6.52. The first-order valence-corrected chi connectivity index (χ1v) is 9.99. The van der Waals surface area contributed by atoms with Crippen molar-refractivity contribution in [2.24, 2.45) is 0 Å². The van der Waals surface area contributed by atoms with E-state index in [1.54, 1.807) is 24.3 Å². The molecule has 1 unspecified atom stereocenters. The van der Waals surface area contributed by atoms with Crippen molar-refractivity contribution in [3.63, 3.8) is 0 Å². The molecule has 0 amide bonds. The summed E-state index contributed by atoms with van der Waals surface area (Å²) in [6.07, 6.45) is 0.562. The molecule has 7 heteroatoms. The molecule has 1 heterocycles. The second-order valence-electron chi connectivity index (χ2n) is 5.19. The van der Waals surface area contributed by atoms with Crippen molar-refractivity contribution in [1.29, 1.82) is 0 Å². The summed E-state index contributed by atoms with van der Waals surface area (Å²) in [6.45, 7) is 2.18. The lowest BCUT2D eigenvalue weighted by Crippen LogP contribution is -2.34. The molecule has 0 radical (unpaired) electrons. The molecule has 1 N–H and O–H groups in total. The molecule has 0 saturated carbocycles. The predicted octanol–water partition coefficient (Wildman–Crippen LogP) is 0.545. The zero-order chi connectivity index (χ0) is 14.8. The summed E-state index contributed by atoms with van der Waals surface area (Å²) in [6, 6.07) is 6.62. The largest absolute Gasteiger partial charge is 0.312 e. The van der Waals surface area contributed by atoms with E-state index in [1.807, 2.05) is 6.92 Å². The average molecular weight is 317 g/mol. The van der Waals surface area contributed by atoms with Gasteiger partial charge < -0.3 is 5.32 Å². The van der Waals surface area contributed by atoms with E-state index in [9.17, 15) is 16.8 Å². The Kier molecular flexibility index (Phi) is 4.51. The van der Waals surface area contributed by atoms with Crippen LogP contribution in [0.1, 0.15) is 12.0 Å².